The van der Waals surface area contributed by atoms with E-state index in [9.17, 15) is 4.79 Å². The second-order valence-corrected chi connectivity index (χ2v) is 6.23. The molecular formula is C19H28N4O. The Morgan fingerprint density at radius 2 is 1.88 bits per heavy atom. The summed E-state index contributed by atoms with van der Waals surface area (Å²) in [6.45, 7) is 8.86. The molecule has 0 bridgehead atoms. The number of hydrogen-bond donors (Lipinski definition) is 1. The molecule has 2 rings (SSSR count). The number of carbonyl (C=O) groups is 1. The van der Waals surface area contributed by atoms with E-state index in [1.807, 2.05) is 12.1 Å². The first-order valence-electron chi connectivity index (χ1n) is 8.93. The molecule has 1 amide bonds. The lowest BCUT2D eigenvalue weighted by Crippen LogP contribution is -2.38. The summed E-state index contributed by atoms with van der Waals surface area (Å²) in [4.78, 5) is 17.0. The molecule has 1 heterocycles. The standard InChI is InChI=1S/C19H28N4O/c1-3-23(4-2)18-8-6-17(7-9-18)21-19(24)16-10-14-22(15-11-16)13-5-12-20/h6-9,16H,3-5,10-11,13-15H2,1-2H3,(H,21,24). The minimum absolute atomic E-state index is 0.0748. The molecule has 1 saturated heterocycles. The monoisotopic (exact) mass is 328 g/mol. The maximum absolute atomic E-state index is 12.4. The van der Waals surface area contributed by atoms with Crippen LogP contribution in [0.15, 0.2) is 24.3 Å². The Labute approximate surface area is 145 Å². The quantitative estimate of drug-likeness (QED) is 0.835. The second kappa shape index (κ2) is 9.29. The van der Waals surface area contributed by atoms with Crippen LogP contribution in [0.3, 0.4) is 0 Å². The van der Waals surface area contributed by atoms with Crippen molar-refractivity contribution in [1.82, 2.24) is 4.90 Å². The molecule has 1 aromatic carbocycles. The van der Waals surface area contributed by atoms with E-state index in [2.05, 4.69) is 47.2 Å². The zero-order valence-corrected chi connectivity index (χ0v) is 14.8. The summed E-state index contributed by atoms with van der Waals surface area (Å²) in [6, 6.07) is 10.3. The van der Waals surface area contributed by atoms with Crippen molar-refractivity contribution in [2.45, 2.75) is 33.1 Å². The van der Waals surface area contributed by atoms with Gasteiger partial charge < -0.3 is 15.1 Å². The van der Waals surface area contributed by atoms with E-state index in [0.717, 1.165) is 51.3 Å². The highest BCUT2D eigenvalue weighted by Crippen LogP contribution is 2.21. The van der Waals surface area contributed by atoms with Crippen LogP contribution in [0.25, 0.3) is 0 Å². The Bertz CT molecular complexity index is 552. The topological polar surface area (TPSA) is 59.4 Å². The number of rotatable bonds is 7. The van der Waals surface area contributed by atoms with Gasteiger partial charge in [-0.1, -0.05) is 0 Å². The number of hydrogen-bond acceptors (Lipinski definition) is 4. The molecule has 5 nitrogen and oxygen atoms in total. The van der Waals surface area contributed by atoms with Crippen molar-refractivity contribution in [3.63, 3.8) is 0 Å². The molecule has 5 heteroatoms. The number of piperidine rings is 1. The zero-order chi connectivity index (χ0) is 17.4. The minimum atomic E-state index is 0.0748. The first-order chi connectivity index (χ1) is 11.7. The summed E-state index contributed by atoms with van der Waals surface area (Å²) in [5, 5.41) is 11.7. The van der Waals surface area contributed by atoms with Crippen LogP contribution < -0.4 is 10.2 Å². The second-order valence-electron chi connectivity index (χ2n) is 6.23. The van der Waals surface area contributed by atoms with Crippen LogP contribution in [0.1, 0.15) is 33.1 Å². The molecule has 1 N–H and O–H groups in total. The highest BCUT2D eigenvalue weighted by atomic mass is 16.1. The lowest BCUT2D eigenvalue weighted by molar-refractivity contribution is -0.121. The van der Waals surface area contributed by atoms with Gasteiger partial charge in [0, 0.05) is 43.3 Å². The maximum Gasteiger partial charge on any atom is 0.227 e. The van der Waals surface area contributed by atoms with Crippen LogP contribution in [0, 0.1) is 17.2 Å². The first kappa shape index (κ1) is 18.3. The Balaban J connectivity index is 1.83. The third-order valence-corrected chi connectivity index (χ3v) is 4.76. The molecule has 0 aliphatic carbocycles. The van der Waals surface area contributed by atoms with Crippen LogP contribution in [-0.4, -0.2) is 43.5 Å². The lowest BCUT2D eigenvalue weighted by Gasteiger charge is -2.30. The minimum Gasteiger partial charge on any atom is -0.372 e. The Kier molecular flexibility index (Phi) is 7.07. The summed E-state index contributed by atoms with van der Waals surface area (Å²) < 4.78 is 0. The molecule has 0 unspecified atom stereocenters. The van der Waals surface area contributed by atoms with E-state index < -0.39 is 0 Å². The van der Waals surface area contributed by atoms with Gasteiger partial charge in [-0.3, -0.25) is 4.79 Å². The number of amides is 1. The van der Waals surface area contributed by atoms with Crippen LogP contribution >= 0.6 is 0 Å². The molecule has 1 aliphatic heterocycles. The average Bonchev–Trinajstić information content (AvgIpc) is 2.62. The third-order valence-electron chi connectivity index (χ3n) is 4.76. The number of nitrogens with one attached hydrogen (secondary N) is 1. The van der Waals surface area contributed by atoms with Crippen molar-refractivity contribution in [3.8, 4) is 6.07 Å². The van der Waals surface area contributed by atoms with Crippen molar-refractivity contribution in [2.75, 3.05) is 42.9 Å². The highest BCUT2D eigenvalue weighted by Gasteiger charge is 2.24. The number of anilines is 2. The molecule has 0 atom stereocenters. The zero-order valence-electron chi connectivity index (χ0n) is 14.8. The van der Waals surface area contributed by atoms with Crippen molar-refractivity contribution >= 4 is 17.3 Å². The van der Waals surface area contributed by atoms with Crippen molar-refractivity contribution in [2.24, 2.45) is 5.92 Å². The number of nitriles is 1. The molecule has 1 aliphatic rings. The van der Waals surface area contributed by atoms with Gasteiger partial charge in [-0.15, -0.1) is 0 Å². The van der Waals surface area contributed by atoms with Gasteiger partial charge in [-0.25, -0.2) is 0 Å². The van der Waals surface area contributed by atoms with Gasteiger partial charge in [0.05, 0.1) is 6.07 Å². The summed E-state index contributed by atoms with van der Waals surface area (Å²) in [5.74, 6) is 0.191. The largest absolute Gasteiger partial charge is 0.372 e. The summed E-state index contributed by atoms with van der Waals surface area (Å²) in [5.41, 5.74) is 2.05. The predicted octanol–water partition coefficient (Wildman–Crippen LogP) is 3.10. The Morgan fingerprint density at radius 3 is 2.42 bits per heavy atom. The molecule has 1 fully saturated rings. The van der Waals surface area contributed by atoms with E-state index in [0.29, 0.717) is 6.42 Å². The molecule has 0 radical (unpaired) electrons. The van der Waals surface area contributed by atoms with Crippen molar-refractivity contribution in [1.29, 1.82) is 5.26 Å². The van der Waals surface area contributed by atoms with Crippen molar-refractivity contribution < 1.29 is 4.79 Å². The summed E-state index contributed by atoms with van der Waals surface area (Å²) >= 11 is 0. The molecule has 0 saturated carbocycles. The van der Waals surface area contributed by atoms with Gasteiger partial charge in [0.1, 0.15) is 0 Å². The predicted molar refractivity (Wildman–Crippen MR) is 98.0 cm³/mol. The van der Waals surface area contributed by atoms with Gasteiger partial charge in [-0.05, 0) is 64.0 Å². The number of likely N-dealkylation sites (tertiary alicyclic amines) is 1. The average molecular weight is 328 g/mol. The molecule has 24 heavy (non-hydrogen) atoms. The van der Waals surface area contributed by atoms with Crippen LogP contribution in [0.2, 0.25) is 0 Å². The van der Waals surface area contributed by atoms with Crippen molar-refractivity contribution in [3.05, 3.63) is 24.3 Å². The molecule has 0 aromatic heterocycles. The normalized spacial score (nSPS) is 15.7. The van der Waals surface area contributed by atoms with Crippen LogP contribution in [0.5, 0.6) is 0 Å². The molecule has 1 aromatic rings. The summed E-state index contributed by atoms with van der Waals surface area (Å²) in [6.07, 6.45) is 2.30. The molecule has 130 valence electrons. The molecular weight excluding hydrogens is 300 g/mol. The summed E-state index contributed by atoms with van der Waals surface area (Å²) in [7, 11) is 0. The van der Waals surface area contributed by atoms with Gasteiger partial charge in [-0.2, -0.15) is 5.26 Å². The van der Waals surface area contributed by atoms with E-state index in [-0.39, 0.29) is 11.8 Å². The highest BCUT2D eigenvalue weighted by molar-refractivity contribution is 5.92. The van der Waals surface area contributed by atoms with Gasteiger partial charge in [0.2, 0.25) is 5.91 Å². The van der Waals surface area contributed by atoms with E-state index >= 15 is 0 Å². The Hall–Kier alpha value is -2.06. The fourth-order valence-corrected chi connectivity index (χ4v) is 3.22. The third kappa shape index (κ3) is 4.97. The Morgan fingerprint density at radius 1 is 1.25 bits per heavy atom. The van der Waals surface area contributed by atoms with Gasteiger partial charge in [0.15, 0.2) is 0 Å². The number of nitrogens with zero attached hydrogens (tertiary/aromatic N) is 3. The fourth-order valence-electron chi connectivity index (χ4n) is 3.22. The van der Waals surface area contributed by atoms with E-state index in [1.165, 1.54) is 5.69 Å². The van der Waals surface area contributed by atoms with Gasteiger partial charge in [0.25, 0.3) is 0 Å². The lowest BCUT2D eigenvalue weighted by atomic mass is 9.95. The fraction of sp³-hybridized carbons (Fsp3) is 0.579. The SMILES string of the molecule is CCN(CC)c1ccc(NC(=O)C2CCN(CCC#N)CC2)cc1. The van der Waals surface area contributed by atoms with Crippen LogP contribution in [-0.2, 0) is 4.79 Å². The first-order valence-corrected chi connectivity index (χ1v) is 8.93. The number of carbonyl (C=O) groups excluding carboxylic acids is 1. The van der Waals surface area contributed by atoms with Gasteiger partial charge >= 0.3 is 0 Å². The maximum atomic E-state index is 12.4. The number of benzene rings is 1. The van der Waals surface area contributed by atoms with E-state index in [1.54, 1.807) is 0 Å². The van der Waals surface area contributed by atoms with E-state index in [4.69, 9.17) is 5.26 Å². The smallest absolute Gasteiger partial charge is 0.227 e. The van der Waals surface area contributed by atoms with Crippen LogP contribution in [0.4, 0.5) is 11.4 Å². The molecule has 0 spiro atoms.